The van der Waals surface area contributed by atoms with Gasteiger partial charge in [-0.3, -0.25) is 9.36 Å². The van der Waals surface area contributed by atoms with Crippen LogP contribution in [0.5, 0.6) is 0 Å². The van der Waals surface area contributed by atoms with E-state index in [2.05, 4.69) is 10.1 Å². The van der Waals surface area contributed by atoms with Crippen LogP contribution in [0.3, 0.4) is 0 Å². The predicted octanol–water partition coefficient (Wildman–Crippen LogP) is 1.22. The number of nitrogens with zero attached hydrogens (tertiary/aromatic N) is 4. The maximum Gasteiger partial charge on any atom is 0.331 e. The van der Waals surface area contributed by atoms with E-state index in [-0.39, 0.29) is 23.8 Å². The number of halogens is 1. The van der Waals surface area contributed by atoms with Gasteiger partial charge in [0.25, 0.3) is 5.56 Å². The van der Waals surface area contributed by atoms with Gasteiger partial charge >= 0.3 is 5.69 Å². The lowest BCUT2D eigenvalue weighted by Crippen LogP contribution is -2.39. The van der Waals surface area contributed by atoms with E-state index in [1.165, 1.54) is 6.92 Å². The summed E-state index contributed by atoms with van der Waals surface area (Å²) in [4.78, 5) is 28.7. The molecule has 1 aromatic carbocycles. The molecule has 3 aromatic rings. The van der Waals surface area contributed by atoms with Crippen LogP contribution in [0.1, 0.15) is 33.2 Å². The van der Waals surface area contributed by atoms with Crippen LogP contribution in [0.4, 0.5) is 0 Å². The summed E-state index contributed by atoms with van der Waals surface area (Å²) >= 11 is 5.82. The van der Waals surface area contributed by atoms with Gasteiger partial charge in [0.2, 0.25) is 5.89 Å². The SMILES string of the molecule is [2H]C([2H])([2H])n1c(C)cc(=O)n(Cc2nc(C[C@H](O)c3ccc(Cl)cc3)no2)c1=O. The predicted molar refractivity (Wildman–Crippen MR) is 94.2 cm³/mol. The molecule has 0 saturated heterocycles. The highest BCUT2D eigenvalue weighted by Gasteiger charge is 2.15. The molecule has 0 aliphatic rings. The van der Waals surface area contributed by atoms with Crippen molar-refractivity contribution in [1.29, 1.82) is 0 Å². The summed E-state index contributed by atoms with van der Waals surface area (Å²) in [6, 6.07) is 7.66. The first kappa shape index (κ1) is 14.5. The zero-order chi connectivity index (χ0) is 21.3. The molecule has 26 heavy (non-hydrogen) atoms. The van der Waals surface area contributed by atoms with E-state index in [1.807, 2.05) is 0 Å². The van der Waals surface area contributed by atoms with Crippen molar-refractivity contribution in [2.75, 3.05) is 0 Å². The van der Waals surface area contributed by atoms with Crippen molar-refractivity contribution >= 4 is 11.6 Å². The Morgan fingerprint density at radius 3 is 2.77 bits per heavy atom. The Morgan fingerprint density at radius 1 is 1.35 bits per heavy atom. The Morgan fingerprint density at radius 2 is 2.08 bits per heavy atom. The molecule has 8 nitrogen and oxygen atoms in total. The fourth-order valence-electron chi connectivity index (χ4n) is 2.38. The molecular weight excluding hydrogens is 360 g/mol. The lowest BCUT2D eigenvalue weighted by atomic mass is 10.1. The first-order valence-corrected chi connectivity index (χ1v) is 8.03. The Balaban J connectivity index is 1.83. The summed E-state index contributed by atoms with van der Waals surface area (Å²) < 4.78 is 28.7. The Labute approximate surface area is 157 Å². The molecule has 136 valence electrons. The second-order valence-electron chi connectivity index (χ2n) is 5.70. The van der Waals surface area contributed by atoms with Gasteiger partial charge in [0.05, 0.1) is 6.10 Å². The standard InChI is InChI=1S/C17H17ClN4O4/c1-10-7-16(24)22(17(25)21(10)2)9-15-19-14(20-26-15)8-13(23)11-3-5-12(18)6-4-11/h3-7,13,23H,8-9H2,1-2H3/t13-/m0/s1/i2D3. The van der Waals surface area contributed by atoms with E-state index < -0.39 is 30.9 Å². The van der Waals surface area contributed by atoms with Crippen molar-refractivity contribution in [3.8, 4) is 0 Å². The highest BCUT2D eigenvalue weighted by atomic mass is 35.5. The van der Waals surface area contributed by atoms with Gasteiger partial charge in [-0.25, -0.2) is 4.79 Å². The summed E-state index contributed by atoms with van der Waals surface area (Å²) in [6.45, 7) is -1.76. The van der Waals surface area contributed by atoms with Gasteiger partial charge < -0.3 is 14.2 Å². The molecule has 0 aliphatic carbocycles. The summed E-state index contributed by atoms with van der Waals surface area (Å²) in [5.41, 5.74) is -1.06. The van der Waals surface area contributed by atoms with E-state index in [0.29, 0.717) is 19.7 Å². The molecule has 9 heteroatoms. The lowest BCUT2D eigenvalue weighted by Gasteiger charge is -2.08. The van der Waals surface area contributed by atoms with Crippen LogP contribution < -0.4 is 11.2 Å². The first-order valence-electron chi connectivity index (χ1n) is 9.15. The van der Waals surface area contributed by atoms with E-state index in [9.17, 15) is 14.7 Å². The third-order valence-electron chi connectivity index (χ3n) is 3.81. The molecule has 0 amide bonds. The minimum Gasteiger partial charge on any atom is -0.388 e. The van der Waals surface area contributed by atoms with Crippen LogP contribution in [-0.2, 0) is 19.9 Å². The van der Waals surface area contributed by atoms with Crippen LogP contribution in [-0.4, -0.2) is 24.4 Å². The molecule has 1 N–H and O–H groups in total. The minimum absolute atomic E-state index is 0.0218. The van der Waals surface area contributed by atoms with Crippen LogP contribution >= 0.6 is 11.6 Å². The highest BCUT2D eigenvalue weighted by Crippen LogP contribution is 2.19. The maximum atomic E-state index is 12.5. The van der Waals surface area contributed by atoms with E-state index >= 15 is 0 Å². The van der Waals surface area contributed by atoms with Crippen LogP contribution in [0.15, 0.2) is 44.4 Å². The van der Waals surface area contributed by atoms with Crippen molar-refractivity contribution in [2.45, 2.75) is 26.0 Å². The van der Waals surface area contributed by atoms with Gasteiger partial charge in [0, 0.05) is 34.3 Å². The molecule has 0 spiro atoms. The number of benzene rings is 1. The third-order valence-corrected chi connectivity index (χ3v) is 4.06. The van der Waals surface area contributed by atoms with Crippen molar-refractivity contribution in [3.63, 3.8) is 0 Å². The first-order chi connectivity index (χ1) is 13.6. The number of aromatic nitrogens is 4. The van der Waals surface area contributed by atoms with Crippen molar-refractivity contribution < 1.29 is 13.7 Å². The number of hydrogen-bond donors (Lipinski definition) is 1. The van der Waals surface area contributed by atoms with E-state index in [4.69, 9.17) is 20.2 Å². The molecule has 3 rings (SSSR count). The molecule has 0 radical (unpaired) electrons. The third kappa shape index (κ3) is 3.76. The molecule has 1 atom stereocenters. The molecule has 2 aromatic heterocycles. The number of aliphatic hydroxyl groups excluding tert-OH is 1. The minimum atomic E-state index is -2.74. The zero-order valence-corrected chi connectivity index (χ0v) is 14.5. The summed E-state index contributed by atoms with van der Waals surface area (Å²) in [5, 5.41) is 14.5. The second-order valence-corrected chi connectivity index (χ2v) is 6.14. The molecule has 0 fully saturated rings. The summed E-state index contributed by atoms with van der Waals surface area (Å²) in [7, 11) is 0. The largest absolute Gasteiger partial charge is 0.388 e. The Hall–Kier alpha value is -2.71. The van der Waals surface area contributed by atoms with Gasteiger partial charge in [-0.15, -0.1) is 0 Å². The summed E-state index contributed by atoms with van der Waals surface area (Å²) in [5.74, 6) is 0.0993. The van der Waals surface area contributed by atoms with Gasteiger partial charge in [0.1, 0.15) is 6.54 Å². The number of hydrogen-bond acceptors (Lipinski definition) is 6. The second kappa shape index (κ2) is 7.27. The topological polar surface area (TPSA) is 103 Å². The van der Waals surface area contributed by atoms with Crippen molar-refractivity contribution in [3.05, 3.63) is 79.2 Å². The number of aryl methyl sites for hydroxylation is 1. The van der Waals surface area contributed by atoms with E-state index in [1.54, 1.807) is 24.3 Å². The Kier molecular flexibility index (Phi) is 4.04. The zero-order valence-electron chi connectivity index (χ0n) is 16.7. The molecule has 2 heterocycles. The normalized spacial score (nSPS) is 14.5. The molecule has 0 saturated carbocycles. The van der Waals surface area contributed by atoms with Gasteiger partial charge in [-0.05, 0) is 24.6 Å². The molecule has 0 bridgehead atoms. The number of rotatable bonds is 5. The average molecular weight is 380 g/mol. The van der Waals surface area contributed by atoms with Gasteiger partial charge in [0.15, 0.2) is 5.82 Å². The molecular formula is C17H17ClN4O4. The van der Waals surface area contributed by atoms with Gasteiger partial charge in [-0.2, -0.15) is 4.98 Å². The summed E-state index contributed by atoms with van der Waals surface area (Å²) in [6.07, 6.45) is -0.874. The quantitative estimate of drug-likeness (QED) is 0.714. The van der Waals surface area contributed by atoms with E-state index in [0.717, 1.165) is 6.07 Å². The van der Waals surface area contributed by atoms with Crippen LogP contribution in [0, 0.1) is 6.92 Å². The smallest absolute Gasteiger partial charge is 0.331 e. The fraction of sp³-hybridized carbons (Fsp3) is 0.294. The average Bonchev–Trinajstić information content (AvgIpc) is 3.04. The maximum absolute atomic E-state index is 12.5. The molecule has 0 aliphatic heterocycles. The Bertz CT molecular complexity index is 1140. The van der Waals surface area contributed by atoms with Crippen molar-refractivity contribution in [1.82, 2.24) is 19.3 Å². The van der Waals surface area contributed by atoms with Gasteiger partial charge in [-0.1, -0.05) is 28.9 Å². The van der Waals surface area contributed by atoms with Crippen LogP contribution in [0.2, 0.25) is 5.02 Å². The highest BCUT2D eigenvalue weighted by molar-refractivity contribution is 6.30. The monoisotopic (exact) mass is 379 g/mol. The van der Waals surface area contributed by atoms with Crippen molar-refractivity contribution in [2.24, 2.45) is 6.98 Å². The lowest BCUT2D eigenvalue weighted by molar-refractivity contribution is 0.174. The van der Waals surface area contributed by atoms with Crippen LogP contribution in [0.25, 0.3) is 0 Å². The number of aliphatic hydroxyl groups is 1. The molecule has 0 unspecified atom stereocenters. The fourth-order valence-corrected chi connectivity index (χ4v) is 2.51.